The van der Waals surface area contributed by atoms with E-state index in [0.717, 1.165) is 51.8 Å². The summed E-state index contributed by atoms with van der Waals surface area (Å²) >= 11 is 0. The van der Waals surface area contributed by atoms with Gasteiger partial charge in [-0.1, -0.05) is 25.1 Å². The summed E-state index contributed by atoms with van der Waals surface area (Å²) in [5.41, 5.74) is 5.57. The lowest BCUT2D eigenvalue weighted by Crippen LogP contribution is -2.11. The molecule has 0 amide bonds. The van der Waals surface area contributed by atoms with E-state index in [1.165, 1.54) is 12.1 Å². The number of nitrogens with zero attached hydrogens (tertiary/aromatic N) is 4. The summed E-state index contributed by atoms with van der Waals surface area (Å²) in [7, 11) is 1.65. The van der Waals surface area contributed by atoms with Crippen LogP contribution in [-0.4, -0.2) is 26.9 Å². The van der Waals surface area contributed by atoms with Gasteiger partial charge in [-0.3, -0.25) is 0 Å². The smallest absolute Gasteiger partial charge is 0.152 e. The van der Waals surface area contributed by atoms with Crippen molar-refractivity contribution in [3.63, 3.8) is 0 Å². The van der Waals surface area contributed by atoms with Crippen LogP contribution in [0.4, 0.5) is 10.2 Å². The van der Waals surface area contributed by atoms with Crippen LogP contribution in [0.1, 0.15) is 36.7 Å². The third-order valence-corrected chi connectivity index (χ3v) is 5.44. The number of benzene rings is 2. The monoisotopic (exact) mass is 431 g/mol. The maximum Gasteiger partial charge on any atom is 0.152 e. The average Bonchev–Trinajstić information content (AvgIpc) is 3.25. The lowest BCUT2D eigenvalue weighted by Gasteiger charge is -2.17. The quantitative estimate of drug-likeness (QED) is 0.417. The van der Waals surface area contributed by atoms with Crippen LogP contribution in [0, 0.1) is 12.7 Å². The Morgan fingerprint density at radius 1 is 1.09 bits per heavy atom. The predicted molar refractivity (Wildman–Crippen MR) is 124 cm³/mol. The molecule has 0 aliphatic rings. The molecule has 2 aromatic carbocycles. The highest BCUT2D eigenvalue weighted by Crippen LogP contribution is 2.30. The molecule has 0 bridgehead atoms. The first kappa shape index (κ1) is 21.5. The van der Waals surface area contributed by atoms with Crippen molar-refractivity contribution in [2.45, 2.75) is 33.2 Å². The number of rotatable bonds is 7. The maximum atomic E-state index is 13.2. The van der Waals surface area contributed by atoms with Gasteiger partial charge in [0.25, 0.3) is 0 Å². The highest BCUT2D eigenvalue weighted by molar-refractivity contribution is 5.67. The Kier molecular flexibility index (Phi) is 6.16. The number of imidazole rings is 1. The largest absolute Gasteiger partial charge is 0.495 e. The first-order valence-electron chi connectivity index (χ1n) is 10.6. The Bertz CT molecular complexity index is 1220. The summed E-state index contributed by atoms with van der Waals surface area (Å²) in [4.78, 5) is 4.29. The molecule has 7 heteroatoms. The molecule has 2 heterocycles. The van der Waals surface area contributed by atoms with Gasteiger partial charge >= 0.3 is 0 Å². The molecule has 0 aliphatic carbocycles. The number of ether oxygens (including phenoxy) is 1. The van der Waals surface area contributed by atoms with E-state index in [-0.39, 0.29) is 11.9 Å². The van der Waals surface area contributed by atoms with Crippen LogP contribution in [0.25, 0.3) is 16.9 Å². The van der Waals surface area contributed by atoms with Gasteiger partial charge in [-0.25, -0.2) is 9.37 Å². The van der Waals surface area contributed by atoms with E-state index in [4.69, 9.17) is 4.74 Å². The zero-order chi connectivity index (χ0) is 22.7. The molecule has 0 saturated carbocycles. The molecule has 6 nitrogen and oxygen atoms in total. The van der Waals surface area contributed by atoms with E-state index in [0.29, 0.717) is 0 Å². The Labute approximate surface area is 187 Å². The van der Waals surface area contributed by atoms with Crippen LogP contribution in [0.2, 0.25) is 0 Å². The van der Waals surface area contributed by atoms with Gasteiger partial charge in [0.05, 0.1) is 36.6 Å². The third-order valence-electron chi connectivity index (χ3n) is 5.44. The van der Waals surface area contributed by atoms with E-state index in [1.54, 1.807) is 25.6 Å². The minimum atomic E-state index is -0.246. The second kappa shape index (κ2) is 9.18. The minimum Gasteiger partial charge on any atom is -0.495 e. The fraction of sp³-hybridized carbons (Fsp3) is 0.240. The van der Waals surface area contributed by atoms with Gasteiger partial charge in [0.2, 0.25) is 0 Å². The number of anilines is 1. The van der Waals surface area contributed by atoms with Gasteiger partial charge < -0.3 is 14.6 Å². The lowest BCUT2D eigenvalue weighted by molar-refractivity contribution is 0.413. The normalized spacial score (nSPS) is 11.9. The molecule has 32 heavy (non-hydrogen) atoms. The summed E-state index contributed by atoms with van der Waals surface area (Å²) in [6, 6.07) is 14.4. The van der Waals surface area contributed by atoms with Crippen molar-refractivity contribution in [2.75, 3.05) is 12.4 Å². The van der Waals surface area contributed by atoms with Crippen molar-refractivity contribution < 1.29 is 9.13 Å². The van der Waals surface area contributed by atoms with E-state index in [2.05, 4.69) is 27.4 Å². The number of nitrogens with one attached hydrogen (secondary N) is 1. The van der Waals surface area contributed by atoms with Crippen molar-refractivity contribution in [1.29, 1.82) is 0 Å². The van der Waals surface area contributed by atoms with Gasteiger partial charge in [0.15, 0.2) is 5.82 Å². The molecule has 0 saturated heterocycles. The number of aromatic nitrogens is 4. The molecule has 1 atom stereocenters. The Hall–Kier alpha value is -3.74. The molecule has 0 unspecified atom stereocenters. The van der Waals surface area contributed by atoms with Crippen LogP contribution in [0.3, 0.4) is 0 Å². The van der Waals surface area contributed by atoms with Crippen LogP contribution in [-0.2, 0) is 6.42 Å². The van der Waals surface area contributed by atoms with Gasteiger partial charge in [-0.05, 0) is 61.7 Å². The van der Waals surface area contributed by atoms with Gasteiger partial charge in [-0.2, -0.15) is 0 Å². The molecular formula is C25H26FN5O. The third kappa shape index (κ3) is 4.46. The standard InChI is InChI=1S/C25H26FN5O/c1-5-18-12-22(29-30-25(18)28-17(3)19-6-9-21(26)10-7-19)20-8-11-23(24(13-20)32-4)31-14-16(2)27-15-31/h6-15,17H,5H2,1-4H3,(H,28,30)/t17-/m0/s1. The summed E-state index contributed by atoms with van der Waals surface area (Å²) in [5, 5.41) is 12.3. The Balaban J connectivity index is 1.61. The molecule has 4 rings (SSSR count). The summed E-state index contributed by atoms with van der Waals surface area (Å²) in [5.74, 6) is 1.21. The van der Waals surface area contributed by atoms with E-state index < -0.39 is 0 Å². The molecule has 164 valence electrons. The van der Waals surface area contributed by atoms with Crippen molar-refractivity contribution in [1.82, 2.24) is 19.7 Å². The van der Waals surface area contributed by atoms with Crippen LogP contribution < -0.4 is 10.1 Å². The summed E-state index contributed by atoms with van der Waals surface area (Å²) in [6.45, 7) is 6.05. The fourth-order valence-corrected chi connectivity index (χ4v) is 3.61. The first-order chi connectivity index (χ1) is 15.5. The van der Waals surface area contributed by atoms with Crippen molar-refractivity contribution >= 4 is 5.82 Å². The number of aryl methyl sites for hydroxylation is 2. The van der Waals surface area contributed by atoms with E-state index >= 15 is 0 Å². The molecule has 4 aromatic rings. The van der Waals surface area contributed by atoms with Crippen molar-refractivity contribution in [2.24, 2.45) is 0 Å². The Morgan fingerprint density at radius 2 is 1.88 bits per heavy atom. The van der Waals surface area contributed by atoms with Gasteiger partial charge in [0, 0.05) is 11.8 Å². The summed E-state index contributed by atoms with van der Waals surface area (Å²) in [6.07, 6.45) is 4.52. The fourth-order valence-electron chi connectivity index (χ4n) is 3.61. The second-order valence-corrected chi connectivity index (χ2v) is 7.68. The van der Waals surface area contributed by atoms with Gasteiger partial charge in [-0.15, -0.1) is 10.2 Å². The number of halogens is 1. The highest BCUT2D eigenvalue weighted by Gasteiger charge is 2.14. The highest BCUT2D eigenvalue weighted by atomic mass is 19.1. The molecule has 0 spiro atoms. The number of methoxy groups -OCH3 is 1. The Morgan fingerprint density at radius 3 is 2.53 bits per heavy atom. The predicted octanol–water partition coefficient (Wildman–Crippen LogP) is 5.52. The topological polar surface area (TPSA) is 64.9 Å². The first-order valence-corrected chi connectivity index (χ1v) is 10.6. The van der Waals surface area contributed by atoms with Crippen LogP contribution in [0.15, 0.2) is 61.1 Å². The van der Waals surface area contributed by atoms with Gasteiger partial charge in [0.1, 0.15) is 11.6 Å². The molecule has 0 aliphatic heterocycles. The zero-order valence-corrected chi connectivity index (χ0v) is 18.6. The number of hydrogen-bond donors (Lipinski definition) is 1. The van der Waals surface area contributed by atoms with E-state index in [9.17, 15) is 4.39 Å². The van der Waals surface area contributed by atoms with Crippen molar-refractivity contribution in [3.05, 3.63) is 83.7 Å². The maximum absolute atomic E-state index is 13.2. The SMILES string of the molecule is CCc1cc(-c2ccc(-n3cnc(C)c3)c(OC)c2)nnc1N[C@@H](C)c1ccc(F)cc1. The zero-order valence-electron chi connectivity index (χ0n) is 18.6. The average molecular weight is 432 g/mol. The van der Waals surface area contributed by atoms with Crippen molar-refractivity contribution in [3.8, 4) is 22.7 Å². The van der Waals surface area contributed by atoms with E-state index in [1.807, 2.05) is 48.9 Å². The molecule has 0 radical (unpaired) electrons. The minimum absolute atomic E-state index is 0.0286. The van der Waals surface area contributed by atoms with Crippen LogP contribution in [0.5, 0.6) is 5.75 Å². The van der Waals surface area contributed by atoms with Crippen LogP contribution >= 0.6 is 0 Å². The molecule has 1 N–H and O–H groups in total. The second-order valence-electron chi connectivity index (χ2n) is 7.68. The lowest BCUT2D eigenvalue weighted by atomic mass is 10.1. The summed E-state index contributed by atoms with van der Waals surface area (Å²) < 4.78 is 20.8. The number of hydrogen-bond acceptors (Lipinski definition) is 5. The molecule has 2 aromatic heterocycles. The molecule has 0 fully saturated rings. The molecular weight excluding hydrogens is 405 g/mol.